The molecule has 0 aliphatic carbocycles. The summed E-state index contributed by atoms with van der Waals surface area (Å²) in [7, 11) is 0. The Labute approximate surface area is 143 Å². The third kappa shape index (κ3) is 2.98. The highest BCUT2D eigenvalue weighted by Crippen LogP contribution is 2.47. The fraction of sp³-hybridized carbons (Fsp3) is 0.333. The average Bonchev–Trinajstić information content (AvgIpc) is 3.11. The number of aliphatic hydroxyl groups is 1. The van der Waals surface area contributed by atoms with Crippen molar-refractivity contribution in [3.05, 3.63) is 46.0 Å². The lowest BCUT2D eigenvalue weighted by atomic mass is 10.1. The first-order valence-electron chi connectivity index (χ1n) is 7.04. The zero-order valence-corrected chi connectivity index (χ0v) is 13.7. The van der Waals surface area contributed by atoms with Gasteiger partial charge in [-0.25, -0.2) is 0 Å². The number of likely N-dealkylation sites (tertiary alicyclic amines) is 1. The van der Waals surface area contributed by atoms with Crippen LogP contribution in [0.5, 0.6) is 0 Å². The molecule has 8 heteroatoms. The molecule has 0 aromatic heterocycles. The minimum absolute atomic E-state index is 0.260. The molecule has 1 saturated heterocycles. The van der Waals surface area contributed by atoms with Crippen molar-refractivity contribution >= 4 is 29.3 Å². The van der Waals surface area contributed by atoms with Crippen molar-refractivity contribution in [2.24, 2.45) is 5.73 Å². The van der Waals surface area contributed by atoms with Crippen molar-refractivity contribution in [3.8, 4) is 6.19 Å². The largest absolute Gasteiger partial charge is 0.389 e. The number of nitrogens with two attached hydrogens (primary N) is 1. The summed E-state index contributed by atoms with van der Waals surface area (Å²) in [6, 6.07) is 7.06. The minimum Gasteiger partial charge on any atom is -0.389 e. The second kappa shape index (κ2) is 6.32. The van der Waals surface area contributed by atoms with E-state index in [1.807, 2.05) is 29.3 Å². The standard InChI is InChI=1S/C15H15ClN4O2S/c16-10-4-2-1-3-9(10)15-20(7-13(23-15)14(18)22)11-5-19(8-17)6-12(11)21/h1-4,7,11-12,15,21H,5-6H2,(H2,18,22)/t11-,12-,15?/m1/s1. The van der Waals surface area contributed by atoms with E-state index >= 15 is 0 Å². The van der Waals surface area contributed by atoms with E-state index in [9.17, 15) is 9.90 Å². The number of amides is 1. The van der Waals surface area contributed by atoms with E-state index in [1.54, 1.807) is 12.3 Å². The number of β-amino-alcohol motifs (C(OH)–C–C–N with tert-alkyl or cyclic N) is 1. The van der Waals surface area contributed by atoms with E-state index in [2.05, 4.69) is 0 Å². The van der Waals surface area contributed by atoms with Gasteiger partial charge in [0, 0.05) is 16.8 Å². The van der Waals surface area contributed by atoms with Crippen LogP contribution in [0.3, 0.4) is 0 Å². The summed E-state index contributed by atoms with van der Waals surface area (Å²) >= 11 is 7.60. The van der Waals surface area contributed by atoms with Crippen molar-refractivity contribution < 1.29 is 9.90 Å². The Morgan fingerprint density at radius 1 is 1.43 bits per heavy atom. The average molecular weight is 351 g/mol. The molecule has 0 bridgehead atoms. The minimum atomic E-state index is -0.691. The predicted octanol–water partition coefficient (Wildman–Crippen LogP) is 1.24. The number of halogens is 1. The second-order valence-electron chi connectivity index (χ2n) is 5.44. The fourth-order valence-electron chi connectivity index (χ4n) is 2.85. The van der Waals surface area contributed by atoms with Gasteiger partial charge in [0.2, 0.25) is 0 Å². The Morgan fingerprint density at radius 2 is 2.17 bits per heavy atom. The zero-order valence-electron chi connectivity index (χ0n) is 12.1. The molecule has 2 aliphatic rings. The van der Waals surface area contributed by atoms with Crippen LogP contribution in [0.15, 0.2) is 35.4 Å². The van der Waals surface area contributed by atoms with Gasteiger partial charge < -0.3 is 20.6 Å². The van der Waals surface area contributed by atoms with E-state index in [-0.39, 0.29) is 18.0 Å². The number of hydrogen-bond acceptors (Lipinski definition) is 6. The van der Waals surface area contributed by atoms with Crippen molar-refractivity contribution in [1.82, 2.24) is 9.80 Å². The van der Waals surface area contributed by atoms with E-state index in [4.69, 9.17) is 22.6 Å². The molecule has 1 amide bonds. The molecule has 0 spiro atoms. The van der Waals surface area contributed by atoms with Crippen molar-refractivity contribution in [2.45, 2.75) is 17.5 Å². The van der Waals surface area contributed by atoms with Crippen LogP contribution in [-0.4, -0.2) is 46.0 Å². The van der Waals surface area contributed by atoms with Crippen LogP contribution in [0.25, 0.3) is 0 Å². The molecule has 1 unspecified atom stereocenters. The Balaban J connectivity index is 1.95. The van der Waals surface area contributed by atoms with Crippen molar-refractivity contribution in [1.29, 1.82) is 5.26 Å². The van der Waals surface area contributed by atoms with Crippen LogP contribution in [0.4, 0.5) is 0 Å². The topological polar surface area (TPSA) is 93.6 Å². The molecule has 3 rings (SSSR count). The summed E-state index contributed by atoms with van der Waals surface area (Å²) in [5.41, 5.74) is 6.25. The molecule has 2 aliphatic heterocycles. The smallest absolute Gasteiger partial charge is 0.256 e. The predicted molar refractivity (Wildman–Crippen MR) is 87.9 cm³/mol. The number of carbonyl (C=O) groups excluding carboxylic acids is 1. The molecular weight excluding hydrogens is 336 g/mol. The number of rotatable bonds is 3. The maximum Gasteiger partial charge on any atom is 0.256 e. The summed E-state index contributed by atoms with van der Waals surface area (Å²) in [5.74, 6) is -0.515. The SMILES string of the molecule is N#CN1C[C@@H](O)[C@H](N2C=C(C(N)=O)SC2c2ccccc2Cl)C1. The highest BCUT2D eigenvalue weighted by molar-refractivity contribution is 8.04. The number of benzene rings is 1. The van der Waals surface area contributed by atoms with Gasteiger partial charge in [-0.2, -0.15) is 5.26 Å². The monoisotopic (exact) mass is 350 g/mol. The Morgan fingerprint density at radius 3 is 2.78 bits per heavy atom. The molecule has 0 radical (unpaired) electrons. The number of nitrogens with zero attached hydrogens (tertiary/aromatic N) is 3. The van der Waals surface area contributed by atoms with Gasteiger partial charge in [0.1, 0.15) is 5.37 Å². The zero-order chi connectivity index (χ0) is 16.6. The molecule has 3 N–H and O–H groups in total. The van der Waals surface area contributed by atoms with Gasteiger partial charge in [-0.3, -0.25) is 4.79 Å². The maximum absolute atomic E-state index is 11.6. The first kappa shape index (κ1) is 16.0. The highest BCUT2D eigenvalue weighted by atomic mass is 35.5. The van der Waals surface area contributed by atoms with Gasteiger partial charge in [0.15, 0.2) is 6.19 Å². The summed E-state index contributed by atoms with van der Waals surface area (Å²) in [5, 5.41) is 19.7. The van der Waals surface area contributed by atoms with Crippen molar-refractivity contribution in [2.75, 3.05) is 13.1 Å². The van der Waals surface area contributed by atoms with Crippen LogP contribution in [0.2, 0.25) is 5.02 Å². The van der Waals surface area contributed by atoms with Gasteiger partial charge in [-0.05, 0) is 6.07 Å². The van der Waals surface area contributed by atoms with Crippen LogP contribution in [0, 0.1) is 11.5 Å². The highest BCUT2D eigenvalue weighted by Gasteiger charge is 2.41. The second-order valence-corrected chi connectivity index (χ2v) is 6.97. The van der Waals surface area contributed by atoms with Crippen LogP contribution in [-0.2, 0) is 4.79 Å². The summed E-state index contributed by atoms with van der Waals surface area (Å²) < 4.78 is 0. The first-order chi connectivity index (χ1) is 11.0. The quantitative estimate of drug-likeness (QED) is 0.797. The number of nitriles is 1. The fourth-order valence-corrected chi connectivity index (χ4v) is 4.36. The Hall–Kier alpha value is -1.88. The third-order valence-corrected chi connectivity index (χ3v) is 5.60. The molecule has 0 saturated carbocycles. The summed E-state index contributed by atoms with van der Waals surface area (Å²) in [4.78, 5) is 15.4. The molecule has 6 nitrogen and oxygen atoms in total. The summed E-state index contributed by atoms with van der Waals surface area (Å²) in [6.07, 6.45) is 3.02. The van der Waals surface area contributed by atoms with Gasteiger partial charge in [0.05, 0.1) is 30.1 Å². The van der Waals surface area contributed by atoms with Crippen LogP contribution < -0.4 is 5.73 Å². The summed E-state index contributed by atoms with van der Waals surface area (Å²) in [6.45, 7) is 0.666. The normalized spacial score (nSPS) is 27.0. The Bertz CT molecular complexity index is 705. The molecule has 23 heavy (non-hydrogen) atoms. The number of primary amides is 1. The molecule has 3 atom stereocenters. The number of aliphatic hydroxyl groups excluding tert-OH is 1. The first-order valence-corrected chi connectivity index (χ1v) is 8.30. The van der Waals surface area contributed by atoms with E-state index in [1.165, 1.54) is 16.7 Å². The lowest BCUT2D eigenvalue weighted by Crippen LogP contribution is -2.40. The van der Waals surface area contributed by atoms with Gasteiger partial charge in [-0.1, -0.05) is 41.6 Å². The number of hydrogen-bond donors (Lipinski definition) is 2. The lowest BCUT2D eigenvalue weighted by molar-refractivity contribution is -0.113. The molecule has 1 fully saturated rings. The lowest BCUT2D eigenvalue weighted by Gasteiger charge is -2.32. The van der Waals surface area contributed by atoms with Gasteiger partial charge in [-0.15, -0.1) is 0 Å². The molecular formula is C15H15ClN4O2S. The molecule has 120 valence electrons. The van der Waals surface area contributed by atoms with E-state index < -0.39 is 12.0 Å². The van der Waals surface area contributed by atoms with Crippen LogP contribution >= 0.6 is 23.4 Å². The van der Waals surface area contributed by atoms with Gasteiger partial charge in [0.25, 0.3) is 5.91 Å². The molecule has 1 aromatic carbocycles. The Kier molecular flexibility index (Phi) is 4.39. The van der Waals surface area contributed by atoms with Crippen LogP contribution in [0.1, 0.15) is 10.9 Å². The molecule has 1 aromatic rings. The molecule has 2 heterocycles. The van der Waals surface area contributed by atoms with Gasteiger partial charge >= 0.3 is 0 Å². The van der Waals surface area contributed by atoms with Crippen molar-refractivity contribution in [3.63, 3.8) is 0 Å². The van der Waals surface area contributed by atoms with E-state index in [0.29, 0.717) is 16.5 Å². The number of thioether (sulfide) groups is 1. The number of carbonyl (C=O) groups is 1. The maximum atomic E-state index is 11.6. The third-order valence-electron chi connectivity index (χ3n) is 3.97. The van der Waals surface area contributed by atoms with E-state index in [0.717, 1.165) is 5.56 Å².